The summed E-state index contributed by atoms with van der Waals surface area (Å²) in [5, 5.41) is 3.63. The van der Waals surface area contributed by atoms with Crippen molar-refractivity contribution < 1.29 is 0 Å². The summed E-state index contributed by atoms with van der Waals surface area (Å²) in [6.45, 7) is 7.15. The molecule has 2 nitrogen and oxygen atoms in total. The van der Waals surface area contributed by atoms with Crippen LogP contribution in [0, 0.1) is 0 Å². The molecule has 0 spiro atoms. The zero-order valence-electron chi connectivity index (χ0n) is 12.2. The van der Waals surface area contributed by atoms with Crippen LogP contribution in [0.15, 0.2) is 27.1 Å². The molecular formula is C16H24Br2N2. The van der Waals surface area contributed by atoms with E-state index in [1.54, 1.807) is 0 Å². The number of likely N-dealkylation sites (tertiary alicyclic amines) is 1. The van der Waals surface area contributed by atoms with Crippen molar-refractivity contribution in [2.45, 2.75) is 38.6 Å². The predicted molar refractivity (Wildman–Crippen MR) is 93.2 cm³/mol. The van der Waals surface area contributed by atoms with Gasteiger partial charge >= 0.3 is 0 Å². The first kappa shape index (κ1) is 16.5. The second kappa shape index (κ2) is 8.52. The van der Waals surface area contributed by atoms with E-state index >= 15 is 0 Å². The van der Waals surface area contributed by atoms with Gasteiger partial charge in [-0.1, -0.05) is 44.3 Å². The molecule has 1 saturated heterocycles. The third-order valence-electron chi connectivity index (χ3n) is 3.98. The molecule has 0 bridgehead atoms. The molecule has 1 aliphatic rings. The molecule has 1 atom stereocenters. The Bertz CT molecular complexity index is 417. The summed E-state index contributed by atoms with van der Waals surface area (Å²) in [6, 6.07) is 6.78. The highest BCUT2D eigenvalue weighted by Gasteiger charge is 2.11. The minimum absolute atomic E-state index is 0.388. The molecular weight excluding hydrogens is 380 g/mol. The van der Waals surface area contributed by atoms with Crippen LogP contribution in [0.4, 0.5) is 0 Å². The molecule has 1 N–H and O–H groups in total. The highest BCUT2D eigenvalue weighted by Crippen LogP contribution is 2.26. The second-order valence-electron chi connectivity index (χ2n) is 5.60. The maximum Gasteiger partial charge on any atom is 0.0302 e. The summed E-state index contributed by atoms with van der Waals surface area (Å²) < 4.78 is 2.29. The highest BCUT2D eigenvalue weighted by atomic mass is 79.9. The van der Waals surface area contributed by atoms with Crippen LogP contribution in [-0.4, -0.2) is 31.1 Å². The number of nitrogens with zero attached hydrogens (tertiary/aromatic N) is 1. The van der Waals surface area contributed by atoms with E-state index in [4.69, 9.17) is 0 Å². The van der Waals surface area contributed by atoms with E-state index in [2.05, 4.69) is 67.2 Å². The molecule has 1 unspecified atom stereocenters. The van der Waals surface area contributed by atoms with Crippen molar-refractivity contribution in [3.8, 4) is 0 Å². The summed E-state index contributed by atoms with van der Waals surface area (Å²) in [5.74, 6) is 0. The van der Waals surface area contributed by atoms with Gasteiger partial charge in [-0.2, -0.15) is 0 Å². The Morgan fingerprint density at radius 1 is 1.20 bits per heavy atom. The molecule has 1 aromatic rings. The van der Waals surface area contributed by atoms with E-state index in [1.165, 1.54) is 55.4 Å². The Kier molecular flexibility index (Phi) is 7.02. The van der Waals surface area contributed by atoms with E-state index in [-0.39, 0.29) is 0 Å². The number of hydrogen-bond acceptors (Lipinski definition) is 2. The minimum atomic E-state index is 0.388. The molecule has 1 aromatic carbocycles. The van der Waals surface area contributed by atoms with Gasteiger partial charge in [0.2, 0.25) is 0 Å². The lowest BCUT2D eigenvalue weighted by Crippen LogP contribution is -2.32. The van der Waals surface area contributed by atoms with Crippen LogP contribution < -0.4 is 5.32 Å². The predicted octanol–water partition coefficient (Wildman–Crippen LogP) is 4.74. The maximum atomic E-state index is 3.64. The van der Waals surface area contributed by atoms with Crippen molar-refractivity contribution in [3.05, 3.63) is 32.7 Å². The molecule has 0 amide bonds. The quantitative estimate of drug-likeness (QED) is 0.690. The van der Waals surface area contributed by atoms with Gasteiger partial charge in [0.05, 0.1) is 0 Å². The van der Waals surface area contributed by atoms with Gasteiger partial charge in [-0.25, -0.2) is 0 Å². The zero-order valence-corrected chi connectivity index (χ0v) is 15.3. The van der Waals surface area contributed by atoms with Crippen molar-refractivity contribution in [2.24, 2.45) is 0 Å². The summed E-state index contributed by atoms with van der Waals surface area (Å²) in [6.07, 6.45) is 5.42. The van der Waals surface area contributed by atoms with E-state index in [0.29, 0.717) is 6.04 Å². The normalized spacial score (nSPS) is 18.1. The first-order valence-corrected chi connectivity index (χ1v) is 9.16. The molecule has 1 fully saturated rings. The lowest BCUT2D eigenvalue weighted by atomic mass is 10.1. The lowest BCUT2D eigenvalue weighted by Gasteiger charge is -2.26. The van der Waals surface area contributed by atoms with E-state index < -0.39 is 0 Å². The molecule has 4 heteroatoms. The molecule has 20 heavy (non-hydrogen) atoms. The van der Waals surface area contributed by atoms with Gasteiger partial charge in [-0.15, -0.1) is 0 Å². The Labute approximate surface area is 139 Å². The maximum absolute atomic E-state index is 3.64. The van der Waals surface area contributed by atoms with Crippen LogP contribution in [-0.2, 0) is 0 Å². The number of piperidine rings is 1. The van der Waals surface area contributed by atoms with Gasteiger partial charge < -0.3 is 10.2 Å². The van der Waals surface area contributed by atoms with E-state index in [1.807, 2.05) is 0 Å². The zero-order chi connectivity index (χ0) is 14.4. The Balaban J connectivity index is 1.70. The van der Waals surface area contributed by atoms with Crippen LogP contribution in [0.5, 0.6) is 0 Å². The van der Waals surface area contributed by atoms with Crippen molar-refractivity contribution >= 4 is 31.9 Å². The second-order valence-corrected chi connectivity index (χ2v) is 7.37. The van der Waals surface area contributed by atoms with Gasteiger partial charge in [0.1, 0.15) is 0 Å². The largest absolute Gasteiger partial charge is 0.310 e. The fraction of sp³-hybridized carbons (Fsp3) is 0.625. The third kappa shape index (κ3) is 5.14. The Morgan fingerprint density at radius 2 is 1.95 bits per heavy atom. The third-order valence-corrected chi connectivity index (χ3v) is 5.16. The molecule has 0 aromatic heterocycles. The van der Waals surface area contributed by atoms with Crippen molar-refractivity contribution in [1.29, 1.82) is 0 Å². The van der Waals surface area contributed by atoms with Gasteiger partial charge in [-0.05, 0) is 70.1 Å². The summed E-state index contributed by atoms with van der Waals surface area (Å²) in [5.41, 5.74) is 1.33. The number of hydrogen-bond donors (Lipinski definition) is 1. The van der Waals surface area contributed by atoms with Crippen LogP contribution >= 0.6 is 31.9 Å². The fourth-order valence-corrected chi connectivity index (χ4v) is 4.16. The van der Waals surface area contributed by atoms with Crippen molar-refractivity contribution in [2.75, 3.05) is 26.2 Å². The van der Waals surface area contributed by atoms with Crippen LogP contribution in [0.3, 0.4) is 0 Å². The Morgan fingerprint density at radius 3 is 2.65 bits per heavy atom. The van der Waals surface area contributed by atoms with Crippen molar-refractivity contribution in [1.82, 2.24) is 10.2 Å². The fourth-order valence-electron chi connectivity index (χ4n) is 2.77. The average molecular weight is 404 g/mol. The summed E-state index contributed by atoms with van der Waals surface area (Å²) >= 11 is 7.14. The number of rotatable bonds is 6. The molecule has 1 aliphatic heterocycles. The number of nitrogens with one attached hydrogen (secondary N) is 1. The van der Waals surface area contributed by atoms with Gasteiger partial charge in [0.15, 0.2) is 0 Å². The van der Waals surface area contributed by atoms with Gasteiger partial charge in [-0.3, -0.25) is 0 Å². The average Bonchev–Trinajstić information content (AvgIpc) is 2.44. The summed E-state index contributed by atoms with van der Waals surface area (Å²) in [4.78, 5) is 2.60. The number of benzene rings is 1. The van der Waals surface area contributed by atoms with Crippen LogP contribution in [0.2, 0.25) is 0 Å². The monoisotopic (exact) mass is 402 g/mol. The molecule has 112 valence electrons. The summed E-state index contributed by atoms with van der Waals surface area (Å²) in [7, 11) is 0. The Hall–Kier alpha value is 0.1000. The molecule has 0 radical (unpaired) electrons. The van der Waals surface area contributed by atoms with Crippen LogP contribution in [0.25, 0.3) is 0 Å². The van der Waals surface area contributed by atoms with Crippen LogP contribution in [0.1, 0.15) is 44.2 Å². The SMILES string of the molecule is CC(NCCCN1CCCCC1)c1ccc(Br)cc1Br. The first-order chi connectivity index (χ1) is 9.66. The minimum Gasteiger partial charge on any atom is -0.310 e. The van der Waals surface area contributed by atoms with Gasteiger partial charge in [0, 0.05) is 15.0 Å². The van der Waals surface area contributed by atoms with E-state index in [0.717, 1.165) is 11.0 Å². The lowest BCUT2D eigenvalue weighted by molar-refractivity contribution is 0.225. The first-order valence-electron chi connectivity index (χ1n) is 7.57. The van der Waals surface area contributed by atoms with Crippen molar-refractivity contribution in [3.63, 3.8) is 0 Å². The molecule has 0 aliphatic carbocycles. The molecule has 2 rings (SSSR count). The van der Waals surface area contributed by atoms with E-state index in [9.17, 15) is 0 Å². The molecule has 0 saturated carbocycles. The topological polar surface area (TPSA) is 15.3 Å². The highest BCUT2D eigenvalue weighted by molar-refractivity contribution is 9.11. The standard InChI is InChI=1S/C16H24Br2N2/c1-13(15-7-6-14(17)12-16(15)18)19-8-5-11-20-9-3-2-4-10-20/h6-7,12-13,19H,2-5,8-11H2,1H3. The smallest absolute Gasteiger partial charge is 0.0302 e. The molecule has 1 heterocycles. The number of halogens is 2. The van der Waals surface area contributed by atoms with Gasteiger partial charge in [0.25, 0.3) is 0 Å².